The Morgan fingerprint density at radius 2 is 1.92 bits per heavy atom. The third kappa shape index (κ3) is 2.94. The molecule has 26 heavy (non-hydrogen) atoms. The largest absolute Gasteiger partial charge is 0.439 e. The molecular formula is C19H23N5O2. The lowest BCUT2D eigenvalue weighted by atomic mass is 10.0. The van der Waals surface area contributed by atoms with Crippen molar-refractivity contribution in [1.29, 1.82) is 0 Å². The van der Waals surface area contributed by atoms with Gasteiger partial charge in [0.1, 0.15) is 0 Å². The number of nitrogens with zero attached hydrogens (tertiary/aromatic N) is 5. The summed E-state index contributed by atoms with van der Waals surface area (Å²) in [4.78, 5) is 26.7. The van der Waals surface area contributed by atoms with Crippen LogP contribution in [-0.2, 0) is 4.74 Å². The van der Waals surface area contributed by atoms with E-state index in [-0.39, 0.29) is 6.09 Å². The van der Waals surface area contributed by atoms with Crippen LogP contribution in [0.2, 0.25) is 0 Å². The van der Waals surface area contributed by atoms with Gasteiger partial charge in [0.05, 0.1) is 18.8 Å². The molecular weight excluding hydrogens is 330 g/mol. The highest BCUT2D eigenvalue weighted by Crippen LogP contribution is 2.33. The first-order chi connectivity index (χ1) is 12.5. The molecule has 0 radical (unpaired) electrons. The topological polar surface area (TPSA) is 61.8 Å². The van der Waals surface area contributed by atoms with E-state index in [2.05, 4.69) is 39.0 Å². The van der Waals surface area contributed by atoms with Crippen molar-refractivity contribution < 1.29 is 9.53 Å². The van der Waals surface area contributed by atoms with Gasteiger partial charge in [0.15, 0.2) is 5.60 Å². The lowest BCUT2D eigenvalue weighted by Gasteiger charge is -2.22. The SMILES string of the molecule is CN1CC2(CCN(c3nccc(-c4ccc(N(C)C)cc4)n3)C2)OC1=O. The second kappa shape index (κ2) is 6.16. The lowest BCUT2D eigenvalue weighted by molar-refractivity contribution is 0.0741. The van der Waals surface area contributed by atoms with Crippen LogP contribution in [-0.4, -0.2) is 67.3 Å². The molecule has 1 aromatic heterocycles. The van der Waals surface area contributed by atoms with Gasteiger partial charge in [-0.3, -0.25) is 0 Å². The number of hydrogen-bond donors (Lipinski definition) is 0. The fourth-order valence-corrected chi connectivity index (χ4v) is 3.61. The number of rotatable bonds is 3. The summed E-state index contributed by atoms with van der Waals surface area (Å²) in [6.07, 6.45) is 2.34. The van der Waals surface area contributed by atoms with Gasteiger partial charge in [-0.2, -0.15) is 0 Å². The fourth-order valence-electron chi connectivity index (χ4n) is 3.61. The van der Waals surface area contributed by atoms with E-state index < -0.39 is 5.60 Å². The molecule has 7 heteroatoms. The van der Waals surface area contributed by atoms with Gasteiger partial charge in [-0.25, -0.2) is 14.8 Å². The number of hydrogen-bond acceptors (Lipinski definition) is 6. The van der Waals surface area contributed by atoms with Crippen LogP contribution < -0.4 is 9.80 Å². The first-order valence-electron chi connectivity index (χ1n) is 8.76. The number of amides is 1. The number of aromatic nitrogens is 2. The Bertz CT molecular complexity index is 823. The van der Waals surface area contributed by atoms with E-state index in [1.165, 1.54) is 0 Å². The molecule has 7 nitrogen and oxygen atoms in total. The van der Waals surface area contributed by atoms with Gasteiger partial charge in [0, 0.05) is 51.6 Å². The Labute approximate surface area is 153 Å². The van der Waals surface area contributed by atoms with Crippen LogP contribution in [0.4, 0.5) is 16.4 Å². The van der Waals surface area contributed by atoms with Gasteiger partial charge in [0.25, 0.3) is 0 Å². The van der Waals surface area contributed by atoms with Gasteiger partial charge >= 0.3 is 6.09 Å². The predicted octanol–water partition coefficient (Wildman–Crippen LogP) is 2.24. The van der Waals surface area contributed by atoms with Gasteiger partial charge in [-0.1, -0.05) is 12.1 Å². The second-order valence-electron chi connectivity index (χ2n) is 7.26. The number of ether oxygens (including phenoxy) is 1. The maximum Gasteiger partial charge on any atom is 0.410 e. The van der Waals surface area contributed by atoms with E-state index in [4.69, 9.17) is 9.72 Å². The predicted molar refractivity (Wildman–Crippen MR) is 100 cm³/mol. The van der Waals surface area contributed by atoms with Gasteiger partial charge in [-0.05, 0) is 18.2 Å². The Hall–Kier alpha value is -2.83. The zero-order chi connectivity index (χ0) is 18.3. The summed E-state index contributed by atoms with van der Waals surface area (Å²) in [7, 11) is 5.82. The quantitative estimate of drug-likeness (QED) is 0.843. The molecule has 2 aromatic rings. The normalized spacial score (nSPS) is 22.2. The standard InChI is InChI=1S/C19H23N5O2/c1-22(2)15-6-4-14(5-7-15)16-8-10-20-17(21-16)24-11-9-19(13-24)12-23(3)18(25)26-19/h4-8,10H,9,11-13H2,1-3H3. The number of anilines is 2. The van der Waals surface area contributed by atoms with Crippen LogP contribution in [0.1, 0.15) is 6.42 Å². The lowest BCUT2D eigenvalue weighted by Crippen LogP contribution is -2.37. The van der Waals surface area contributed by atoms with E-state index in [0.29, 0.717) is 19.0 Å². The van der Waals surface area contributed by atoms with Crippen LogP contribution in [0.5, 0.6) is 0 Å². The summed E-state index contributed by atoms with van der Waals surface area (Å²) in [5.74, 6) is 0.682. The molecule has 0 saturated carbocycles. The van der Waals surface area contributed by atoms with Crippen molar-refractivity contribution in [2.24, 2.45) is 0 Å². The van der Waals surface area contributed by atoms with Crippen LogP contribution >= 0.6 is 0 Å². The molecule has 4 rings (SSSR count). The van der Waals surface area contributed by atoms with Crippen molar-refractivity contribution in [3.8, 4) is 11.3 Å². The minimum atomic E-state index is -0.432. The third-order valence-electron chi connectivity index (χ3n) is 5.06. The summed E-state index contributed by atoms with van der Waals surface area (Å²) in [6.45, 7) is 2.03. The van der Waals surface area contributed by atoms with Crippen molar-refractivity contribution in [3.63, 3.8) is 0 Å². The molecule has 2 saturated heterocycles. The van der Waals surface area contributed by atoms with Crippen molar-refractivity contribution in [2.45, 2.75) is 12.0 Å². The first-order valence-corrected chi connectivity index (χ1v) is 8.76. The van der Waals surface area contributed by atoms with Gasteiger partial charge in [-0.15, -0.1) is 0 Å². The van der Waals surface area contributed by atoms with Crippen LogP contribution in [0.3, 0.4) is 0 Å². The Kier molecular flexibility index (Phi) is 3.94. The van der Waals surface area contributed by atoms with E-state index in [1.807, 2.05) is 20.2 Å². The monoisotopic (exact) mass is 353 g/mol. The molecule has 1 atom stereocenters. The Morgan fingerprint density at radius 1 is 1.15 bits per heavy atom. The zero-order valence-electron chi connectivity index (χ0n) is 15.3. The first kappa shape index (κ1) is 16.6. The van der Waals surface area contributed by atoms with E-state index in [0.717, 1.165) is 29.9 Å². The summed E-state index contributed by atoms with van der Waals surface area (Å²) in [5, 5.41) is 0. The van der Waals surface area contributed by atoms with Crippen LogP contribution in [0.15, 0.2) is 36.5 Å². The smallest absolute Gasteiger partial charge is 0.410 e. The highest BCUT2D eigenvalue weighted by molar-refractivity contribution is 5.71. The van der Waals surface area contributed by atoms with Crippen molar-refractivity contribution in [2.75, 3.05) is 50.6 Å². The van der Waals surface area contributed by atoms with Gasteiger partial charge < -0.3 is 19.4 Å². The molecule has 0 bridgehead atoms. The summed E-state index contributed by atoms with van der Waals surface area (Å²) >= 11 is 0. The molecule has 2 fully saturated rings. The third-order valence-corrected chi connectivity index (χ3v) is 5.06. The highest BCUT2D eigenvalue weighted by Gasteiger charge is 2.49. The summed E-state index contributed by atoms with van der Waals surface area (Å²) in [6, 6.07) is 10.2. The molecule has 2 aliphatic rings. The molecule has 3 heterocycles. The van der Waals surface area contributed by atoms with E-state index >= 15 is 0 Å². The molecule has 1 unspecified atom stereocenters. The Balaban J connectivity index is 1.54. The molecule has 0 N–H and O–H groups in total. The number of likely N-dealkylation sites (N-methyl/N-ethyl adjacent to an activating group) is 1. The maximum atomic E-state index is 11.7. The van der Waals surface area contributed by atoms with Crippen molar-refractivity contribution in [1.82, 2.24) is 14.9 Å². The highest BCUT2D eigenvalue weighted by atomic mass is 16.6. The number of benzene rings is 1. The minimum absolute atomic E-state index is 0.248. The summed E-state index contributed by atoms with van der Waals surface area (Å²) < 4.78 is 5.61. The average Bonchev–Trinajstić information content (AvgIpc) is 3.17. The van der Waals surface area contributed by atoms with E-state index in [1.54, 1.807) is 18.1 Å². The fraction of sp³-hybridized carbons (Fsp3) is 0.421. The molecule has 136 valence electrons. The minimum Gasteiger partial charge on any atom is -0.439 e. The van der Waals surface area contributed by atoms with Crippen LogP contribution in [0.25, 0.3) is 11.3 Å². The van der Waals surface area contributed by atoms with Crippen molar-refractivity contribution in [3.05, 3.63) is 36.5 Å². The van der Waals surface area contributed by atoms with Crippen molar-refractivity contribution >= 4 is 17.7 Å². The molecule has 1 spiro atoms. The average molecular weight is 353 g/mol. The molecule has 1 amide bonds. The number of carbonyl (C=O) groups excluding carboxylic acids is 1. The Morgan fingerprint density at radius 3 is 2.58 bits per heavy atom. The molecule has 2 aliphatic heterocycles. The molecule has 0 aliphatic carbocycles. The zero-order valence-corrected chi connectivity index (χ0v) is 15.3. The van der Waals surface area contributed by atoms with Gasteiger partial charge in [0.2, 0.25) is 5.95 Å². The van der Waals surface area contributed by atoms with E-state index in [9.17, 15) is 4.79 Å². The second-order valence-corrected chi connectivity index (χ2v) is 7.26. The maximum absolute atomic E-state index is 11.7. The summed E-state index contributed by atoms with van der Waals surface area (Å²) in [5.41, 5.74) is 2.66. The van der Waals surface area contributed by atoms with Crippen LogP contribution in [0, 0.1) is 0 Å². The number of carbonyl (C=O) groups is 1. The molecule has 1 aromatic carbocycles.